The van der Waals surface area contributed by atoms with Crippen LogP contribution in [0.15, 0.2) is 4.47 Å². The Labute approximate surface area is 104 Å². The lowest BCUT2D eigenvalue weighted by atomic mass is 10.3. The average molecular weight is 288 g/mol. The zero-order valence-corrected chi connectivity index (χ0v) is 11.4. The van der Waals surface area contributed by atoms with Gasteiger partial charge in [0.2, 0.25) is 0 Å². The fourth-order valence-corrected chi connectivity index (χ4v) is 2.90. The van der Waals surface area contributed by atoms with Crippen molar-refractivity contribution in [2.75, 3.05) is 13.1 Å². The molecule has 0 aliphatic carbocycles. The predicted octanol–water partition coefficient (Wildman–Crippen LogP) is 1.31. The summed E-state index contributed by atoms with van der Waals surface area (Å²) in [5.41, 5.74) is 2.31. The van der Waals surface area contributed by atoms with Gasteiger partial charge in [0.25, 0.3) is 0 Å². The highest BCUT2D eigenvalue weighted by molar-refractivity contribution is 9.10. The number of aryl methyl sites for hydroxylation is 2. The molecule has 1 aliphatic heterocycles. The second-order valence-electron chi connectivity index (χ2n) is 4.36. The molecule has 0 saturated carbocycles. The number of hydrogen-bond donors (Lipinski definition) is 1. The molecule has 5 heteroatoms. The predicted molar refractivity (Wildman–Crippen MR) is 66.2 cm³/mol. The van der Waals surface area contributed by atoms with E-state index < -0.39 is 0 Å². The molecule has 0 spiro atoms. The lowest BCUT2D eigenvalue weighted by Gasteiger charge is -2.15. The molecule has 0 bridgehead atoms. The molecule has 90 valence electrons. The third kappa shape index (κ3) is 2.31. The lowest BCUT2D eigenvalue weighted by Crippen LogP contribution is -2.23. The molecule has 1 saturated heterocycles. The molecule has 0 aromatic carbocycles. The molecule has 1 unspecified atom stereocenters. The second kappa shape index (κ2) is 4.85. The van der Waals surface area contributed by atoms with Crippen LogP contribution in [0.5, 0.6) is 0 Å². The molecule has 1 aromatic rings. The molecule has 16 heavy (non-hydrogen) atoms. The molecule has 2 rings (SSSR count). The van der Waals surface area contributed by atoms with Crippen LogP contribution in [0.1, 0.15) is 24.7 Å². The van der Waals surface area contributed by atoms with E-state index in [4.69, 9.17) is 0 Å². The molecule has 0 radical (unpaired) electrons. The Bertz CT molecular complexity index is 378. The van der Waals surface area contributed by atoms with Gasteiger partial charge in [-0.2, -0.15) is 5.10 Å². The van der Waals surface area contributed by atoms with Crippen molar-refractivity contribution in [3.05, 3.63) is 15.9 Å². The summed E-state index contributed by atoms with van der Waals surface area (Å²) in [4.78, 5) is 2.27. The van der Waals surface area contributed by atoms with Gasteiger partial charge in [-0.1, -0.05) is 6.92 Å². The Hall–Kier alpha value is -0.390. The van der Waals surface area contributed by atoms with Gasteiger partial charge in [-0.05, 0) is 28.8 Å². The van der Waals surface area contributed by atoms with Gasteiger partial charge in [-0.3, -0.25) is 9.58 Å². The maximum Gasteiger partial charge on any atom is 0.0767 e. The first-order valence-electron chi connectivity index (χ1n) is 5.72. The molecule has 1 N–H and O–H groups in total. The molecule has 1 fully saturated rings. The largest absolute Gasteiger partial charge is 0.392 e. The highest BCUT2D eigenvalue weighted by Gasteiger charge is 2.22. The first kappa shape index (κ1) is 12.1. The van der Waals surface area contributed by atoms with Gasteiger partial charge >= 0.3 is 0 Å². The summed E-state index contributed by atoms with van der Waals surface area (Å²) in [5.74, 6) is 0. The number of likely N-dealkylation sites (tertiary alicyclic amines) is 1. The van der Waals surface area contributed by atoms with Crippen molar-refractivity contribution in [1.29, 1.82) is 0 Å². The minimum absolute atomic E-state index is 0.155. The van der Waals surface area contributed by atoms with E-state index >= 15 is 0 Å². The van der Waals surface area contributed by atoms with Crippen molar-refractivity contribution in [1.82, 2.24) is 14.7 Å². The van der Waals surface area contributed by atoms with Crippen molar-refractivity contribution in [3.63, 3.8) is 0 Å². The Kier molecular flexibility index (Phi) is 3.66. The smallest absolute Gasteiger partial charge is 0.0767 e. The second-order valence-corrected chi connectivity index (χ2v) is 5.16. The Morgan fingerprint density at radius 1 is 1.56 bits per heavy atom. The molecule has 1 atom stereocenters. The number of nitrogens with zero attached hydrogens (tertiary/aromatic N) is 3. The maximum atomic E-state index is 9.49. The summed E-state index contributed by atoms with van der Waals surface area (Å²) in [6.45, 7) is 4.72. The van der Waals surface area contributed by atoms with Crippen molar-refractivity contribution in [2.24, 2.45) is 7.05 Å². The minimum atomic E-state index is -0.155. The van der Waals surface area contributed by atoms with Gasteiger partial charge in [0.1, 0.15) is 0 Å². The molecular formula is C11H18BrN3O. The first-order valence-corrected chi connectivity index (χ1v) is 6.51. The third-order valence-electron chi connectivity index (χ3n) is 3.12. The number of β-amino-alcohol motifs (C(OH)–C–C–N with tert-alkyl or cyclic N) is 1. The summed E-state index contributed by atoms with van der Waals surface area (Å²) in [6.07, 6.45) is 1.67. The molecule has 0 amide bonds. The van der Waals surface area contributed by atoms with E-state index in [2.05, 4.69) is 32.9 Å². The van der Waals surface area contributed by atoms with Crippen LogP contribution in [0, 0.1) is 0 Å². The summed E-state index contributed by atoms with van der Waals surface area (Å²) < 4.78 is 3.06. The summed E-state index contributed by atoms with van der Waals surface area (Å²) in [7, 11) is 1.98. The van der Waals surface area contributed by atoms with Crippen LogP contribution in [0.2, 0.25) is 0 Å². The van der Waals surface area contributed by atoms with Crippen LogP contribution in [0.25, 0.3) is 0 Å². The van der Waals surface area contributed by atoms with Crippen molar-refractivity contribution < 1.29 is 5.11 Å². The summed E-state index contributed by atoms with van der Waals surface area (Å²) in [6, 6.07) is 0. The van der Waals surface area contributed by atoms with Crippen LogP contribution in [-0.4, -0.2) is 39.0 Å². The highest BCUT2D eigenvalue weighted by Crippen LogP contribution is 2.24. The number of hydrogen-bond acceptors (Lipinski definition) is 3. The summed E-state index contributed by atoms with van der Waals surface area (Å²) in [5, 5.41) is 14.0. The Balaban J connectivity index is 2.12. The number of aromatic nitrogens is 2. The van der Waals surface area contributed by atoms with Gasteiger partial charge < -0.3 is 5.11 Å². The normalized spacial score (nSPS) is 21.9. The zero-order chi connectivity index (χ0) is 11.7. The van der Waals surface area contributed by atoms with Crippen LogP contribution in [0.3, 0.4) is 0 Å². The van der Waals surface area contributed by atoms with E-state index in [1.54, 1.807) is 0 Å². The van der Waals surface area contributed by atoms with Crippen LogP contribution < -0.4 is 0 Å². The molecular weight excluding hydrogens is 270 g/mol. The Morgan fingerprint density at radius 2 is 2.31 bits per heavy atom. The van der Waals surface area contributed by atoms with Crippen molar-refractivity contribution in [3.8, 4) is 0 Å². The lowest BCUT2D eigenvalue weighted by molar-refractivity contribution is 0.174. The topological polar surface area (TPSA) is 41.3 Å². The van der Waals surface area contributed by atoms with E-state index in [1.165, 1.54) is 5.69 Å². The van der Waals surface area contributed by atoms with E-state index in [1.807, 2.05) is 11.7 Å². The van der Waals surface area contributed by atoms with E-state index in [0.717, 1.165) is 42.6 Å². The van der Waals surface area contributed by atoms with E-state index in [0.29, 0.717) is 0 Å². The molecule has 4 nitrogen and oxygen atoms in total. The van der Waals surface area contributed by atoms with Gasteiger partial charge in [-0.15, -0.1) is 0 Å². The minimum Gasteiger partial charge on any atom is -0.392 e. The SMILES string of the molecule is CCc1nn(C)c(CN2CCC(O)C2)c1Br. The molecule has 1 aliphatic rings. The average Bonchev–Trinajstić information content (AvgIpc) is 2.77. The van der Waals surface area contributed by atoms with Gasteiger partial charge in [0, 0.05) is 26.7 Å². The van der Waals surface area contributed by atoms with Crippen molar-refractivity contribution in [2.45, 2.75) is 32.4 Å². The fourth-order valence-electron chi connectivity index (χ4n) is 2.16. The maximum absolute atomic E-state index is 9.49. The van der Waals surface area contributed by atoms with E-state index in [9.17, 15) is 5.11 Å². The van der Waals surface area contributed by atoms with Gasteiger partial charge in [0.15, 0.2) is 0 Å². The van der Waals surface area contributed by atoms with Crippen LogP contribution >= 0.6 is 15.9 Å². The number of aliphatic hydroxyl groups excluding tert-OH is 1. The van der Waals surface area contributed by atoms with Crippen LogP contribution in [-0.2, 0) is 20.0 Å². The number of halogens is 1. The number of rotatable bonds is 3. The summed E-state index contributed by atoms with van der Waals surface area (Å²) >= 11 is 3.61. The standard InChI is InChI=1S/C11H18BrN3O/c1-3-9-11(12)10(14(2)13-9)7-15-5-4-8(16)6-15/h8,16H,3-7H2,1-2H3. The fraction of sp³-hybridized carbons (Fsp3) is 0.727. The van der Waals surface area contributed by atoms with Gasteiger partial charge in [-0.25, -0.2) is 0 Å². The Morgan fingerprint density at radius 3 is 2.81 bits per heavy atom. The van der Waals surface area contributed by atoms with Gasteiger partial charge in [0.05, 0.1) is 22.0 Å². The third-order valence-corrected chi connectivity index (χ3v) is 4.04. The quantitative estimate of drug-likeness (QED) is 0.912. The first-order chi connectivity index (χ1) is 7.61. The zero-order valence-electron chi connectivity index (χ0n) is 9.78. The van der Waals surface area contributed by atoms with Crippen LogP contribution in [0.4, 0.5) is 0 Å². The highest BCUT2D eigenvalue weighted by atomic mass is 79.9. The monoisotopic (exact) mass is 287 g/mol. The molecule has 1 aromatic heterocycles. The van der Waals surface area contributed by atoms with Crippen molar-refractivity contribution >= 4 is 15.9 Å². The number of aliphatic hydroxyl groups is 1. The molecule has 2 heterocycles. The van der Waals surface area contributed by atoms with E-state index in [-0.39, 0.29) is 6.10 Å².